The van der Waals surface area contributed by atoms with E-state index in [2.05, 4.69) is 6.58 Å². The maximum absolute atomic E-state index is 9.11. The van der Waals surface area contributed by atoms with Gasteiger partial charge in [-0.15, -0.1) is 0 Å². The molecule has 0 saturated heterocycles. The Bertz CT molecular complexity index is 177. The molecular weight excluding hydrogens is 176 g/mol. The molecular formula is C8H14O5. The Morgan fingerprint density at radius 1 is 1.31 bits per heavy atom. The van der Waals surface area contributed by atoms with Gasteiger partial charge < -0.3 is 25.2 Å². The Labute approximate surface area is 76.2 Å². The van der Waals surface area contributed by atoms with Crippen LogP contribution in [0.4, 0.5) is 0 Å². The second kappa shape index (κ2) is 6.62. The van der Waals surface area contributed by atoms with Gasteiger partial charge in [-0.05, 0) is 6.08 Å². The summed E-state index contributed by atoms with van der Waals surface area (Å²) in [5.74, 6) is -0.0425. The number of rotatable bonds is 6. The van der Waals surface area contributed by atoms with E-state index < -0.39 is 25.4 Å². The van der Waals surface area contributed by atoms with Crippen molar-refractivity contribution in [3.63, 3.8) is 0 Å². The minimum Gasteiger partial charge on any atom is -0.467 e. The normalized spacial score (nSPS) is 16.5. The molecule has 76 valence electrons. The first-order valence-electron chi connectivity index (χ1n) is 3.72. The van der Waals surface area contributed by atoms with Gasteiger partial charge in [-0.1, -0.05) is 6.58 Å². The van der Waals surface area contributed by atoms with Crippen LogP contribution in [0, 0.1) is 0 Å². The van der Waals surface area contributed by atoms with Crippen LogP contribution >= 0.6 is 0 Å². The molecule has 0 aromatic rings. The number of aliphatic hydroxyl groups excluding tert-OH is 4. The predicted molar refractivity (Wildman–Crippen MR) is 45.6 cm³/mol. The molecule has 0 rings (SSSR count). The van der Waals surface area contributed by atoms with E-state index in [1.54, 1.807) is 0 Å². The number of hydrogen-bond donors (Lipinski definition) is 4. The molecule has 0 bridgehead atoms. The summed E-state index contributed by atoms with van der Waals surface area (Å²) in [6.45, 7) is 2.24. The molecule has 0 spiro atoms. The summed E-state index contributed by atoms with van der Waals surface area (Å²) in [6, 6.07) is 0. The molecule has 2 atom stereocenters. The van der Waals surface area contributed by atoms with E-state index in [4.69, 9.17) is 25.2 Å². The van der Waals surface area contributed by atoms with Crippen molar-refractivity contribution in [2.24, 2.45) is 0 Å². The molecule has 0 heterocycles. The Balaban J connectivity index is 4.38. The minimum atomic E-state index is -1.22. The van der Waals surface area contributed by atoms with Crippen LogP contribution < -0.4 is 0 Å². The van der Waals surface area contributed by atoms with E-state index in [-0.39, 0.29) is 5.76 Å². The van der Waals surface area contributed by atoms with Crippen LogP contribution in [-0.4, -0.2) is 45.8 Å². The predicted octanol–water partition coefficient (Wildman–Crippen LogP) is -1.26. The lowest BCUT2D eigenvalue weighted by atomic mass is 10.2. The number of hydrogen-bond acceptors (Lipinski definition) is 5. The zero-order chi connectivity index (χ0) is 10.3. The van der Waals surface area contributed by atoms with Crippen molar-refractivity contribution >= 4 is 0 Å². The van der Waals surface area contributed by atoms with Crippen LogP contribution in [0.3, 0.4) is 0 Å². The van der Waals surface area contributed by atoms with Crippen molar-refractivity contribution in [2.75, 3.05) is 13.2 Å². The average molecular weight is 190 g/mol. The van der Waals surface area contributed by atoms with E-state index in [1.165, 1.54) is 0 Å². The highest BCUT2D eigenvalue weighted by Gasteiger charge is 2.12. The molecule has 5 nitrogen and oxygen atoms in total. The van der Waals surface area contributed by atoms with Crippen molar-refractivity contribution < 1.29 is 25.2 Å². The maximum Gasteiger partial charge on any atom is 0.134 e. The first-order valence-corrected chi connectivity index (χ1v) is 3.72. The Morgan fingerprint density at radius 2 is 1.92 bits per heavy atom. The molecule has 0 fully saturated rings. The molecule has 13 heavy (non-hydrogen) atoms. The smallest absolute Gasteiger partial charge is 0.134 e. The van der Waals surface area contributed by atoms with Gasteiger partial charge in [0.05, 0.1) is 25.6 Å². The molecule has 0 radical (unpaired) electrons. The van der Waals surface area contributed by atoms with Gasteiger partial charge in [-0.2, -0.15) is 0 Å². The largest absolute Gasteiger partial charge is 0.467 e. The fourth-order valence-corrected chi connectivity index (χ4v) is 0.657. The second-order valence-electron chi connectivity index (χ2n) is 2.30. The van der Waals surface area contributed by atoms with Gasteiger partial charge in [0, 0.05) is 0 Å². The summed E-state index contributed by atoms with van der Waals surface area (Å²) in [7, 11) is 0. The second-order valence-corrected chi connectivity index (χ2v) is 2.30. The average Bonchev–Trinajstić information content (AvgIpc) is 2.15. The summed E-state index contributed by atoms with van der Waals surface area (Å²) in [6.07, 6.45) is -0.201. The first kappa shape index (κ1) is 12.1. The highest BCUT2D eigenvalue weighted by molar-refractivity contribution is 5.04. The SMILES string of the molecule is C=CO/C(=C\C(O)CO)C(O)CO. The van der Waals surface area contributed by atoms with Crippen molar-refractivity contribution in [1.82, 2.24) is 0 Å². The van der Waals surface area contributed by atoms with Crippen LogP contribution in [-0.2, 0) is 4.74 Å². The van der Waals surface area contributed by atoms with Crippen molar-refractivity contribution in [3.8, 4) is 0 Å². The summed E-state index contributed by atoms with van der Waals surface area (Å²) < 4.78 is 4.71. The molecule has 4 N–H and O–H groups in total. The van der Waals surface area contributed by atoms with Crippen LogP contribution in [0.5, 0.6) is 0 Å². The van der Waals surface area contributed by atoms with Gasteiger partial charge in [0.1, 0.15) is 11.9 Å². The first-order chi connectivity index (χ1) is 6.15. The lowest BCUT2D eigenvalue weighted by Gasteiger charge is -2.12. The molecule has 0 aliphatic heterocycles. The van der Waals surface area contributed by atoms with Crippen LogP contribution in [0.25, 0.3) is 0 Å². The Morgan fingerprint density at radius 3 is 2.31 bits per heavy atom. The monoisotopic (exact) mass is 190 g/mol. The van der Waals surface area contributed by atoms with E-state index in [9.17, 15) is 0 Å². The molecule has 5 heteroatoms. The lowest BCUT2D eigenvalue weighted by molar-refractivity contribution is 0.0751. The topological polar surface area (TPSA) is 90.2 Å². The Kier molecular flexibility index (Phi) is 6.17. The molecule has 2 unspecified atom stereocenters. The van der Waals surface area contributed by atoms with Crippen molar-refractivity contribution in [3.05, 3.63) is 24.7 Å². The highest BCUT2D eigenvalue weighted by Crippen LogP contribution is 2.06. The van der Waals surface area contributed by atoms with Gasteiger partial charge in [-0.25, -0.2) is 0 Å². The summed E-state index contributed by atoms with van der Waals surface area (Å²) in [5.41, 5.74) is 0. The van der Waals surface area contributed by atoms with E-state index >= 15 is 0 Å². The van der Waals surface area contributed by atoms with Gasteiger partial charge in [-0.3, -0.25) is 0 Å². The number of ether oxygens (including phenoxy) is 1. The van der Waals surface area contributed by atoms with E-state index in [0.29, 0.717) is 0 Å². The fourth-order valence-electron chi connectivity index (χ4n) is 0.657. The minimum absolute atomic E-state index is 0.0425. The zero-order valence-corrected chi connectivity index (χ0v) is 7.13. The van der Waals surface area contributed by atoms with Gasteiger partial charge in [0.25, 0.3) is 0 Å². The van der Waals surface area contributed by atoms with Gasteiger partial charge in [0.15, 0.2) is 0 Å². The third-order valence-corrected chi connectivity index (χ3v) is 1.26. The van der Waals surface area contributed by atoms with Crippen LogP contribution in [0.15, 0.2) is 24.7 Å². The fraction of sp³-hybridized carbons (Fsp3) is 0.500. The summed E-state index contributed by atoms with van der Waals surface area (Å²) in [5, 5.41) is 35.1. The molecule has 0 aliphatic rings. The molecule has 0 aromatic heterocycles. The van der Waals surface area contributed by atoms with E-state index in [0.717, 1.165) is 12.3 Å². The highest BCUT2D eigenvalue weighted by atomic mass is 16.5. The lowest BCUT2D eigenvalue weighted by Crippen LogP contribution is -2.19. The molecule has 0 saturated carbocycles. The standard InChI is InChI=1S/C8H14O5/c1-2-13-8(7(12)5-10)3-6(11)4-9/h2-3,6-7,9-12H,1,4-5H2/b8-3-. The quantitative estimate of drug-likeness (QED) is 0.392. The van der Waals surface area contributed by atoms with Gasteiger partial charge >= 0.3 is 0 Å². The molecule has 0 amide bonds. The third-order valence-electron chi connectivity index (χ3n) is 1.26. The van der Waals surface area contributed by atoms with Crippen LogP contribution in [0.1, 0.15) is 0 Å². The third kappa shape index (κ3) is 4.64. The van der Waals surface area contributed by atoms with Crippen molar-refractivity contribution in [1.29, 1.82) is 0 Å². The number of aliphatic hydroxyl groups is 4. The Hall–Kier alpha value is -0.880. The summed E-state index contributed by atoms with van der Waals surface area (Å²) in [4.78, 5) is 0. The van der Waals surface area contributed by atoms with Gasteiger partial charge in [0.2, 0.25) is 0 Å². The van der Waals surface area contributed by atoms with E-state index in [1.807, 2.05) is 0 Å². The molecule has 0 aromatic carbocycles. The molecule has 0 aliphatic carbocycles. The van der Waals surface area contributed by atoms with Crippen molar-refractivity contribution in [2.45, 2.75) is 12.2 Å². The summed E-state index contributed by atoms with van der Waals surface area (Å²) >= 11 is 0. The maximum atomic E-state index is 9.11. The van der Waals surface area contributed by atoms with Crippen LogP contribution in [0.2, 0.25) is 0 Å². The zero-order valence-electron chi connectivity index (χ0n) is 7.13.